The topological polar surface area (TPSA) is 21.3 Å². The molecule has 1 aliphatic heterocycles. The molecule has 1 rings (SSSR count). The van der Waals surface area contributed by atoms with Crippen molar-refractivity contribution in [1.29, 1.82) is 0 Å². The quantitative estimate of drug-likeness (QED) is 0.649. The summed E-state index contributed by atoms with van der Waals surface area (Å²) in [6.45, 7) is 5.31. The third-order valence-electron chi connectivity index (χ3n) is 2.28. The van der Waals surface area contributed by atoms with E-state index in [-0.39, 0.29) is 0 Å². The molecule has 0 spiro atoms. The monoisotopic (exact) mass is 173 g/mol. The fraction of sp³-hybridized carbons (Fsp3) is 0.778. The minimum Gasteiger partial charge on any atom is -0.380 e. The van der Waals surface area contributed by atoms with Crippen LogP contribution in [0.4, 0.5) is 4.39 Å². The average molecular weight is 173 g/mol. The number of nitrogens with one attached hydrogen (secondary N) is 1. The molecule has 1 N–H and O–H groups in total. The Bertz CT molecular complexity index is 164. The molecule has 1 heterocycles. The van der Waals surface area contributed by atoms with Gasteiger partial charge in [-0.05, 0) is 25.0 Å². The van der Waals surface area contributed by atoms with Crippen molar-refractivity contribution in [3.8, 4) is 0 Å². The zero-order valence-corrected chi connectivity index (χ0v) is 7.53. The van der Waals surface area contributed by atoms with E-state index >= 15 is 0 Å². The summed E-state index contributed by atoms with van der Waals surface area (Å²) in [5.41, 5.74) is -0.689. The second-order valence-electron chi connectivity index (χ2n) is 3.28. The van der Waals surface area contributed by atoms with E-state index in [9.17, 15) is 4.39 Å². The maximum atomic E-state index is 13.9. The van der Waals surface area contributed by atoms with Crippen LogP contribution in [-0.2, 0) is 4.74 Å². The first kappa shape index (κ1) is 9.68. The van der Waals surface area contributed by atoms with E-state index in [0.29, 0.717) is 25.1 Å². The number of hydrogen-bond acceptors (Lipinski definition) is 2. The molecule has 1 fully saturated rings. The zero-order valence-electron chi connectivity index (χ0n) is 7.53. The Hall–Kier alpha value is -0.410. The molecule has 0 radical (unpaired) electrons. The van der Waals surface area contributed by atoms with E-state index in [4.69, 9.17) is 4.74 Å². The van der Waals surface area contributed by atoms with Gasteiger partial charge in [0, 0.05) is 13.7 Å². The lowest BCUT2D eigenvalue weighted by atomic mass is 9.89. The van der Waals surface area contributed by atoms with Crippen molar-refractivity contribution >= 4 is 0 Å². The van der Waals surface area contributed by atoms with Crippen LogP contribution in [-0.4, -0.2) is 32.5 Å². The molecule has 0 aromatic carbocycles. The van der Waals surface area contributed by atoms with Crippen molar-refractivity contribution in [2.24, 2.45) is 0 Å². The average Bonchev–Trinajstić information content (AvgIpc) is 2.06. The number of rotatable bonds is 3. The standard InChI is InChI=1S/C9H16FNO/c1-8(6-12-2)9(10)4-3-5-11-7-9/h11H,1,3-7H2,2H3. The van der Waals surface area contributed by atoms with Gasteiger partial charge in [0.2, 0.25) is 0 Å². The molecule has 70 valence electrons. The fourth-order valence-corrected chi connectivity index (χ4v) is 1.47. The third kappa shape index (κ3) is 2.05. The first-order valence-electron chi connectivity index (χ1n) is 4.26. The fourth-order valence-electron chi connectivity index (χ4n) is 1.47. The van der Waals surface area contributed by atoms with Gasteiger partial charge in [-0.2, -0.15) is 0 Å². The lowest BCUT2D eigenvalue weighted by Crippen LogP contribution is -2.44. The van der Waals surface area contributed by atoms with Crippen molar-refractivity contribution in [2.75, 3.05) is 26.8 Å². The first-order valence-corrected chi connectivity index (χ1v) is 4.26. The lowest BCUT2D eigenvalue weighted by Gasteiger charge is -2.31. The summed E-state index contributed by atoms with van der Waals surface area (Å²) in [6, 6.07) is 0. The molecule has 0 saturated carbocycles. The van der Waals surface area contributed by atoms with Crippen LogP contribution in [0.3, 0.4) is 0 Å². The van der Waals surface area contributed by atoms with Gasteiger partial charge in [-0.15, -0.1) is 0 Å². The van der Waals surface area contributed by atoms with Gasteiger partial charge < -0.3 is 10.1 Å². The third-order valence-corrected chi connectivity index (χ3v) is 2.28. The van der Waals surface area contributed by atoms with E-state index in [2.05, 4.69) is 11.9 Å². The van der Waals surface area contributed by atoms with E-state index in [1.54, 1.807) is 7.11 Å². The van der Waals surface area contributed by atoms with Crippen LogP contribution >= 0.6 is 0 Å². The van der Waals surface area contributed by atoms with E-state index in [1.807, 2.05) is 0 Å². The van der Waals surface area contributed by atoms with Crippen molar-refractivity contribution in [1.82, 2.24) is 5.32 Å². The number of alkyl halides is 1. The largest absolute Gasteiger partial charge is 0.380 e. The molecule has 0 bridgehead atoms. The molecule has 12 heavy (non-hydrogen) atoms. The Morgan fingerprint density at radius 2 is 2.50 bits per heavy atom. The molecule has 1 atom stereocenters. The first-order chi connectivity index (χ1) is 5.69. The maximum absolute atomic E-state index is 13.9. The Labute approximate surface area is 72.8 Å². The Kier molecular flexibility index (Phi) is 3.23. The Balaban J connectivity index is 2.50. The van der Waals surface area contributed by atoms with E-state index in [0.717, 1.165) is 13.0 Å². The smallest absolute Gasteiger partial charge is 0.146 e. The number of methoxy groups -OCH3 is 1. The lowest BCUT2D eigenvalue weighted by molar-refractivity contribution is 0.129. The molecule has 0 aliphatic carbocycles. The molecular weight excluding hydrogens is 157 g/mol. The van der Waals surface area contributed by atoms with Gasteiger partial charge in [0.1, 0.15) is 5.67 Å². The second-order valence-corrected chi connectivity index (χ2v) is 3.28. The Morgan fingerprint density at radius 1 is 1.75 bits per heavy atom. The molecule has 0 amide bonds. The van der Waals surface area contributed by atoms with Gasteiger partial charge in [-0.3, -0.25) is 0 Å². The SMILES string of the molecule is C=C(COC)C1(F)CCCNC1. The summed E-state index contributed by atoms with van der Waals surface area (Å²) < 4.78 is 18.8. The van der Waals surface area contributed by atoms with Gasteiger partial charge in [-0.25, -0.2) is 4.39 Å². The summed E-state index contributed by atoms with van der Waals surface area (Å²) >= 11 is 0. The molecule has 1 unspecified atom stereocenters. The van der Waals surface area contributed by atoms with Gasteiger partial charge >= 0.3 is 0 Å². The van der Waals surface area contributed by atoms with Gasteiger partial charge in [-0.1, -0.05) is 6.58 Å². The van der Waals surface area contributed by atoms with Crippen LogP contribution in [0.5, 0.6) is 0 Å². The van der Waals surface area contributed by atoms with Gasteiger partial charge in [0.25, 0.3) is 0 Å². The molecule has 0 aromatic rings. The maximum Gasteiger partial charge on any atom is 0.146 e. The van der Waals surface area contributed by atoms with Crippen LogP contribution in [0.25, 0.3) is 0 Å². The summed E-state index contributed by atoms with van der Waals surface area (Å²) in [5.74, 6) is 0. The zero-order chi connectivity index (χ0) is 9.03. The van der Waals surface area contributed by atoms with Crippen LogP contribution < -0.4 is 5.32 Å². The number of piperidine rings is 1. The van der Waals surface area contributed by atoms with Gasteiger partial charge in [0.05, 0.1) is 6.61 Å². The van der Waals surface area contributed by atoms with E-state index < -0.39 is 5.67 Å². The normalized spacial score (nSPS) is 30.2. The van der Waals surface area contributed by atoms with Crippen molar-refractivity contribution in [2.45, 2.75) is 18.5 Å². The Morgan fingerprint density at radius 3 is 3.00 bits per heavy atom. The van der Waals surface area contributed by atoms with Crippen molar-refractivity contribution in [3.63, 3.8) is 0 Å². The highest BCUT2D eigenvalue weighted by molar-refractivity contribution is 5.15. The van der Waals surface area contributed by atoms with Crippen molar-refractivity contribution < 1.29 is 9.13 Å². The second kappa shape index (κ2) is 4.01. The summed E-state index contributed by atoms with van der Waals surface area (Å²) in [7, 11) is 1.56. The molecular formula is C9H16FNO. The van der Waals surface area contributed by atoms with E-state index in [1.165, 1.54) is 0 Å². The van der Waals surface area contributed by atoms with Crippen molar-refractivity contribution in [3.05, 3.63) is 12.2 Å². The van der Waals surface area contributed by atoms with Gasteiger partial charge in [0.15, 0.2) is 0 Å². The molecule has 3 heteroatoms. The minimum absolute atomic E-state index is 0.318. The summed E-state index contributed by atoms with van der Waals surface area (Å²) in [6.07, 6.45) is 1.45. The van der Waals surface area contributed by atoms with Crippen LogP contribution in [0.15, 0.2) is 12.2 Å². The number of hydrogen-bond donors (Lipinski definition) is 1. The van der Waals surface area contributed by atoms with Crippen LogP contribution in [0.1, 0.15) is 12.8 Å². The summed E-state index contributed by atoms with van der Waals surface area (Å²) in [5, 5.41) is 3.02. The predicted octanol–water partition coefficient (Wildman–Crippen LogP) is 1.28. The predicted molar refractivity (Wildman–Crippen MR) is 47.0 cm³/mol. The van der Waals surface area contributed by atoms with Crippen LogP contribution in [0.2, 0.25) is 0 Å². The molecule has 1 saturated heterocycles. The number of halogens is 1. The molecule has 2 nitrogen and oxygen atoms in total. The highest BCUT2D eigenvalue weighted by atomic mass is 19.1. The minimum atomic E-state index is -1.24. The highest BCUT2D eigenvalue weighted by Gasteiger charge is 2.34. The highest BCUT2D eigenvalue weighted by Crippen LogP contribution is 2.28. The van der Waals surface area contributed by atoms with Crippen LogP contribution in [0, 0.1) is 0 Å². The molecule has 1 aliphatic rings. The molecule has 0 aromatic heterocycles. The number of ether oxygens (including phenoxy) is 1. The summed E-state index contributed by atoms with van der Waals surface area (Å²) in [4.78, 5) is 0.